The van der Waals surface area contributed by atoms with Crippen molar-refractivity contribution in [1.82, 2.24) is 19.5 Å². The highest BCUT2D eigenvalue weighted by atomic mass is 32.1. The highest BCUT2D eigenvalue weighted by Gasteiger charge is 2.29. The van der Waals surface area contributed by atoms with Gasteiger partial charge in [-0.25, -0.2) is 14.8 Å². The van der Waals surface area contributed by atoms with Crippen LogP contribution in [0.1, 0.15) is 58.3 Å². The van der Waals surface area contributed by atoms with Crippen molar-refractivity contribution in [1.29, 1.82) is 0 Å². The van der Waals surface area contributed by atoms with Crippen molar-refractivity contribution < 1.29 is 14.3 Å². The molecule has 0 amide bonds. The number of esters is 1. The molecule has 7 nitrogen and oxygen atoms in total. The maximum atomic E-state index is 12.7. The highest BCUT2D eigenvalue weighted by molar-refractivity contribution is 7.12. The highest BCUT2D eigenvalue weighted by Crippen LogP contribution is 2.39. The molecule has 0 spiro atoms. The zero-order chi connectivity index (χ0) is 22.8. The Labute approximate surface area is 195 Å². The first kappa shape index (κ1) is 21.5. The first-order valence-electron chi connectivity index (χ1n) is 11.1. The second-order valence-corrected chi connectivity index (χ2v) is 9.29. The van der Waals surface area contributed by atoms with Crippen molar-refractivity contribution in [3.63, 3.8) is 0 Å². The van der Waals surface area contributed by atoms with Crippen molar-refractivity contribution in [3.05, 3.63) is 64.6 Å². The average Bonchev–Trinajstić information content (AvgIpc) is 3.52. The fourth-order valence-corrected chi connectivity index (χ4v) is 5.40. The van der Waals surface area contributed by atoms with E-state index in [0.29, 0.717) is 18.0 Å². The first-order valence-corrected chi connectivity index (χ1v) is 12.0. The van der Waals surface area contributed by atoms with Crippen LogP contribution in [0, 0.1) is 5.92 Å². The maximum Gasteiger partial charge on any atom is 0.356 e. The number of ketones is 1. The third kappa shape index (κ3) is 4.30. The third-order valence-electron chi connectivity index (χ3n) is 6.23. The molecule has 5 rings (SSSR count). The van der Waals surface area contributed by atoms with Crippen molar-refractivity contribution >= 4 is 34.3 Å². The summed E-state index contributed by atoms with van der Waals surface area (Å²) >= 11 is 1.51. The predicted octanol–water partition coefficient (Wildman–Crippen LogP) is 5.35. The lowest BCUT2D eigenvalue weighted by atomic mass is 9.82. The molecule has 0 saturated heterocycles. The van der Waals surface area contributed by atoms with Crippen LogP contribution in [-0.4, -0.2) is 38.4 Å². The second kappa shape index (κ2) is 9.23. The summed E-state index contributed by atoms with van der Waals surface area (Å²) in [7, 11) is 1.34. The number of carbonyl (C=O) groups is 2. The zero-order valence-corrected chi connectivity index (χ0v) is 19.1. The van der Waals surface area contributed by atoms with E-state index in [1.54, 1.807) is 12.3 Å². The van der Waals surface area contributed by atoms with Gasteiger partial charge >= 0.3 is 5.97 Å². The molecular formula is C25H24N4O3S. The smallest absolute Gasteiger partial charge is 0.356 e. The van der Waals surface area contributed by atoms with Crippen molar-refractivity contribution in [2.75, 3.05) is 7.11 Å². The van der Waals surface area contributed by atoms with Gasteiger partial charge in [-0.15, -0.1) is 11.3 Å². The summed E-state index contributed by atoms with van der Waals surface area (Å²) in [6.45, 7) is 0. The van der Waals surface area contributed by atoms with Gasteiger partial charge in [0.25, 0.3) is 0 Å². The van der Waals surface area contributed by atoms with Crippen molar-refractivity contribution in [3.8, 4) is 11.5 Å². The van der Waals surface area contributed by atoms with E-state index in [9.17, 15) is 9.59 Å². The van der Waals surface area contributed by atoms with Gasteiger partial charge in [0.1, 0.15) is 5.69 Å². The standard InChI is InChI=1S/C25H24N4O3S/c1-32-25(31)19-10-11-20-23(27-19)28-24(18-8-2-3-12-26-18)29(20)17-7-4-6-16(14-17)15-21(30)22-9-5-13-33-22/h2-3,5,8-13,16-17H,4,6-7,14-15H2,1H3/t16-,17+/m1/s1. The van der Waals surface area contributed by atoms with Gasteiger partial charge in [0.15, 0.2) is 22.9 Å². The zero-order valence-electron chi connectivity index (χ0n) is 18.3. The first-order chi connectivity index (χ1) is 16.1. The van der Waals surface area contributed by atoms with Gasteiger partial charge in [-0.3, -0.25) is 9.78 Å². The van der Waals surface area contributed by atoms with E-state index in [2.05, 4.69) is 14.5 Å². The van der Waals surface area contributed by atoms with Crippen molar-refractivity contribution in [2.24, 2.45) is 5.92 Å². The van der Waals surface area contributed by atoms with E-state index < -0.39 is 5.97 Å². The molecule has 0 aliphatic heterocycles. The molecule has 0 N–H and O–H groups in total. The van der Waals surface area contributed by atoms with Crippen LogP contribution in [0.25, 0.3) is 22.7 Å². The topological polar surface area (TPSA) is 87.0 Å². The maximum absolute atomic E-state index is 12.7. The fourth-order valence-electron chi connectivity index (χ4n) is 4.73. The van der Waals surface area contributed by atoms with Crippen LogP contribution in [0.4, 0.5) is 0 Å². The number of rotatable bonds is 6. The Morgan fingerprint density at radius 3 is 2.79 bits per heavy atom. The molecule has 0 unspecified atom stereocenters. The van der Waals surface area contributed by atoms with E-state index >= 15 is 0 Å². The minimum absolute atomic E-state index is 0.174. The Hall–Kier alpha value is -3.39. The molecule has 0 bridgehead atoms. The minimum Gasteiger partial charge on any atom is -0.464 e. The Kier molecular flexibility index (Phi) is 6.00. The molecule has 8 heteroatoms. The van der Waals surface area contributed by atoms with Crippen LogP contribution in [0.5, 0.6) is 0 Å². The quantitative estimate of drug-likeness (QED) is 0.285. The lowest BCUT2D eigenvalue weighted by Gasteiger charge is -2.31. The van der Waals surface area contributed by atoms with Gasteiger partial charge in [0, 0.05) is 18.7 Å². The van der Waals surface area contributed by atoms with E-state index in [-0.39, 0.29) is 17.5 Å². The number of pyridine rings is 2. The number of Topliss-reactive ketones (excluding diaryl/α,β-unsaturated/α-hetero) is 1. The monoisotopic (exact) mass is 460 g/mol. The van der Waals surface area contributed by atoms with E-state index in [4.69, 9.17) is 9.72 Å². The van der Waals surface area contributed by atoms with Crippen molar-refractivity contribution in [2.45, 2.75) is 38.1 Å². The number of fused-ring (bicyclic) bond motifs is 1. The van der Waals surface area contributed by atoms with Crippen LogP contribution in [-0.2, 0) is 4.74 Å². The summed E-state index contributed by atoms with van der Waals surface area (Å²) < 4.78 is 7.03. The molecule has 4 aromatic rings. The average molecular weight is 461 g/mol. The van der Waals surface area contributed by atoms with Gasteiger partial charge in [-0.05, 0) is 60.9 Å². The summed E-state index contributed by atoms with van der Waals surface area (Å²) in [6.07, 6.45) is 6.28. The number of aromatic nitrogens is 4. The minimum atomic E-state index is -0.490. The molecular weight excluding hydrogens is 436 g/mol. The number of methoxy groups -OCH3 is 1. The predicted molar refractivity (Wildman–Crippen MR) is 126 cm³/mol. The number of imidazole rings is 1. The molecule has 4 aromatic heterocycles. The van der Waals surface area contributed by atoms with Crippen LogP contribution in [0.2, 0.25) is 0 Å². The number of carbonyl (C=O) groups excluding carboxylic acids is 2. The molecule has 2 atom stereocenters. The normalized spacial score (nSPS) is 18.3. The lowest BCUT2D eigenvalue weighted by Crippen LogP contribution is -2.22. The van der Waals surface area contributed by atoms with E-state index in [0.717, 1.165) is 47.6 Å². The third-order valence-corrected chi connectivity index (χ3v) is 7.14. The van der Waals surface area contributed by atoms with Gasteiger partial charge in [0.05, 0.1) is 17.5 Å². The van der Waals surface area contributed by atoms with Gasteiger partial charge in [-0.2, -0.15) is 0 Å². The molecule has 1 fully saturated rings. The Balaban J connectivity index is 1.51. The number of thiophene rings is 1. The molecule has 33 heavy (non-hydrogen) atoms. The summed E-state index contributed by atoms with van der Waals surface area (Å²) in [4.78, 5) is 39.3. The fraction of sp³-hybridized carbons (Fsp3) is 0.320. The molecule has 1 aliphatic carbocycles. The molecule has 0 aromatic carbocycles. The van der Waals surface area contributed by atoms with Crippen LogP contribution < -0.4 is 0 Å². The number of nitrogens with zero attached hydrogens (tertiary/aromatic N) is 4. The number of hydrogen-bond acceptors (Lipinski definition) is 7. The van der Waals surface area contributed by atoms with Crippen LogP contribution in [0.3, 0.4) is 0 Å². The SMILES string of the molecule is COC(=O)c1ccc2c(n1)nc(-c1ccccn1)n2[C@H]1CCC[C@@H](CC(=O)c2cccs2)C1. The Morgan fingerprint density at radius 2 is 2.03 bits per heavy atom. The number of hydrogen-bond donors (Lipinski definition) is 0. The largest absolute Gasteiger partial charge is 0.464 e. The lowest BCUT2D eigenvalue weighted by molar-refractivity contribution is 0.0594. The molecule has 1 aliphatic rings. The van der Waals surface area contributed by atoms with Crippen LogP contribution >= 0.6 is 11.3 Å². The van der Waals surface area contributed by atoms with Gasteiger partial charge in [-0.1, -0.05) is 18.6 Å². The molecule has 0 radical (unpaired) electrons. The second-order valence-electron chi connectivity index (χ2n) is 8.34. The van der Waals surface area contributed by atoms with Gasteiger partial charge < -0.3 is 9.30 Å². The van der Waals surface area contributed by atoms with E-state index in [1.807, 2.05) is 41.8 Å². The summed E-state index contributed by atoms with van der Waals surface area (Å²) in [5.41, 5.74) is 2.34. The summed E-state index contributed by atoms with van der Waals surface area (Å²) in [5.74, 6) is 0.779. The van der Waals surface area contributed by atoms with E-state index in [1.165, 1.54) is 18.4 Å². The molecule has 4 heterocycles. The number of ether oxygens (including phenoxy) is 1. The summed E-state index contributed by atoms with van der Waals surface area (Å²) in [6, 6.07) is 13.3. The Bertz CT molecular complexity index is 1280. The molecule has 1 saturated carbocycles. The van der Waals surface area contributed by atoms with Gasteiger partial charge in [0.2, 0.25) is 0 Å². The summed E-state index contributed by atoms with van der Waals surface area (Å²) in [5, 5.41) is 1.95. The van der Waals surface area contributed by atoms with Crippen LogP contribution in [0.15, 0.2) is 54.0 Å². The molecule has 168 valence electrons. The Morgan fingerprint density at radius 1 is 1.12 bits per heavy atom.